The van der Waals surface area contributed by atoms with E-state index < -0.39 is 23.7 Å². The Balaban J connectivity index is 1.75. The molecular weight excluding hydrogens is 567 g/mol. The molecule has 0 heterocycles. The van der Waals surface area contributed by atoms with Crippen LogP contribution in [0.5, 0.6) is 11.5 Å². The molecule has 3 aromatic rings. The van der Waals surface area contributed by atoms with E-state index >= 15 is 4.39 Å². The number of hydrogen-bond donors (Lipinski definition) is 0. The minimum Gasteiger partial charge on any atom is -0.490 e. The van der Waals surface area contributed by atoms with Crippen LogP contribution < -0.4 is 9.47 Å². The van der Waals surface area contributed by atoms with E-state index in [0.29, 0.717) is 44.9 Å². The summed E-state index contributed by atoms with van der Waals surface area (Å²) in [6.07, 6.45) is 0. The molecule has 0 aromatic heterocycles. The number of ether oxygens (including phenoxy) is 5. The zero-order valence-corrected chi connectivity index (χ0v) is 25.1. The fraction of sp³-hybridized carbons (Fsp3) is 0.229. The summed E-state index contributed by atoms with van der Waals surface area (Å²) in [6, 6.07) is 16.7. The van der Waals surface area contributed by atoms with E-state index in [1.54, 1.807) is 69.3 Å². The average Bonchev–Trinajstić information content (AvgIpc) is 2.99. The number of halogens is 1. The Bertz CT molecular complexity index is 1560. The molecule has 0 saturated carbocycles. The lowest BCUT2D eigenvalue weighted by Crippen LogP contribution is -2.13. The summed E-state index contributed by atoms with van der Waals surface area (Å²) in [6.45, 7) is 15.7. The standard InChI is InChI=1S/C35H35FO8/c1-22(2)33(37)42-16-15-40-21-28-8-7-27(20-32(28)41-17-18-43-34(38)23(3)4)26-11-14-30(31(36)19-26)25-9-12-29(13-10-25)44-35(39)24(5)6/h7-14,19-20H,1,3,5,15-18,21H2,2,4,6H3. The van der Waals surface area contributed by atoms with Crippen molar-refractivity contribution in [3.63, 3.8) is 0 Å². The van der Waals surface area contributed by atoms with E-state index in [0.717, 1.165) is 0 Å². The molecule has 44 heavy (non-hydrogen) atoms. The molecule has 0 radical (unpaired) electrons. The van der Waals surface area contributed by atoms with Crippen molar-refractivity contribution in [3.8, 4) is 33.8 Å². The highest BCUT2D eigenvalue weighted by Gasteiger charge is 2.13. The van der Waals surface area contributed by atoms with Crippen molar-refractivity contribution in [1.82, 2.24) is 0 Å². The fourth-order valence-electron chi connectivity index (χ4n) is 3.72. The van der Waals surface area contributed by atoms with E-state index in [2.05, 4.69) is 19.7 Å². The summed E-state index contributed by atoms with van der Waals surface area (Å²) in [4.78, 5) is 35.0. The lowest BCUT2D eigenvalue weighted by atomic mass is 9.98. The molecule has 0 amide bonds. The van der Waals surface area contributed by atoms with Gasteiger partial charge in [0.05, 0.1) is 13.2 Å². The van der Waals surface area contributed by atoms with Gasteiger partial charge in [0.25, 0.3) is 0 Å². The molecule has 9 heteroatoms. The predicted molar refractivity (Wildman–Crippen MR) is 164 cm³/mol. The highest BCUT2D eigenvalue weighted by atomic mass is 19.1. The molecule has 0 fully saturated rings. The van der Waals surface area contributed by atoms with E-state index in [-0.39, 0.29) is 44.2 Å². The van der Waals surface area contributed by atoms with Crippen LogP contribution in [-0.2, 0) is 35.2 Å². The second-order valence-corrected chi connectivity index (χ2v) is 9.94. The molecular formula is C35H35FO8. The summed E-state index contributed by atoms with van der Waals surface area (Å²) < 4.78 is 42.2. The highest BCUT2D eigenvalue weighted by molar-refractivity contribution is 5.89. The Kier molecular flexibility index (Phi) is 12.2. The first-order valence-electron chi connectivity index (χ1n) is 13.7. The largest absolute Gasteiger partial charge is 0.490 e. The lowest BCUT2D eigenvalue weighted by molar-refractivity contribution is -0.141. The van der Waals surface area contributed by atoms with Crippen LogP contribution in [0, 0.1) is 5.82 Å². The van der Waals surface area contributed by atoms with Crippen molar-refractivity contribution in [3.05, 3.63) is 109 Å². The minimum absolute atomic E-state index is 0.00157. The molecule has 0 N–H and O–H groups in total. The molecule has 230 valence electrons. The van der Waals surface area contributed by atoms with Gasteiger partial charge in [-0.3, -0.25) is 0 Å². The molecule has 0 aliphatic carbocycles. The van der Waals surface area contributed by atoms with Crippen LogP contribution in [0.15, 0.2) is 97.1 Å². The normalized spacial score (nSPS) is 10.5. The van der Waals surface area contributed by atoms with Gasteiger partial charge in [-0.2, -0.15) is 0 Å². The predicted octanol–water partition coefficient (Wildman–Crippen LogP) is 6.78. The van der Waals surface area contributed by atoms with E-state index in [4.69, 9.17) is 23.7 Å². The van der Waals surface area contributed by atoms with Gasteiger partial charge in [0, 0.05) is 27.8 Å². The van der Waals surface area contributed by atoms with Gasteiger partial charge in [0.1, 0.15) is 37.1 Å². The van der Waals surface area contributed by atoms with Gasteiger partial charge in [-0.15, -0.1) is 0 Å². The Hall–Kier alpha value is -5.02. The summed E-state index contributed by atoms with van der Waals surface area (Å²) in [5.74, 6) is -1.21. The van der Waals surface area contributed by atoms with Crippen molar-refractivity contribution in [1.29, 1.82) is 0 Å². The van der Waals surface area contributed by atoms with Crippen LogP contribution in [0.25, 0.3) is 22.3 Å². The van der Waals surface area contributed by atoms with E-state index in [9.17, 15) is 14.4 Å². The van der Waals surface area contributed by atoms with Gasteiger partial charge in [0.15, 0.2) is 0 Å². The maximum absolute atomic E-state index is 15.3. The Morgan fingerprint density at radius 3 is 1.80 bits per heavy atom. The number of carbonyl (C=O) groups is 3. The SMILES string of the molecule is C=C(C)C(=O)OCCOCc1ccc(-c2ccc(-c3ccc(OC(=O)C(=C)C)cc3)c(F)c2)cc1OCCOC(=O)C(=C)C. The molecule has 0 atom stereocenters. The quantitative estimate of drug-likeness (QED) is 0.0813. The lowest BCUT2D eigenvalue weighted by Gasteiger charge is -2.15. The average molecular weight is 603 g/mol. The van der Waals surface area contributed by atoms with Crippen molar-refractivity contribution in [2.45, 2.75) is 27.4 Å². The first kappa shape index (κ1) is 33.5. The highest BCUT2D eigenvalue weighted by Crippen LogP contribution is 2.32. The Morgan fingerprint density at radius 1 is 0.659 bits per heavy atom. The van der Waals surface area contributed by atoms with Crippen LogP contribution in [0.4, 0.5) is 4.39 Å². The number of benzene rings is 3. The van der Waals surface area contributed by atoms with Gasteiger partial charge in [-0.1, -0.05) is 56.1 Å². The van der Waals surface area contributed by atoms with Crippen LogP contribution in [0.1, 0.15) is 26.3 Å². The number of carbonyl (C=O) groups excluding carboxylic acids is 3. The topological polar surface area (TPSA) is 97.4 Å². The van der Waals surface area contributed by atoms with Gasteiger partial charge in [0.2, 0.25) is 0 Å². The van der Waals surface area contributed by atoms with Gasteiger partial charge < -0.3 is 23.7 Å². The van der Waals surface area contributed by atoms with Gasteiger partial charge >= 0.3 is 17.9 Å². The summed E-state index contributed by atoms with van der Waals surface area (Å²) in [7, 11) is 0. The molecule has 0 spiro atoms. The molecule has 0 saturated heterocycles. The van der Waals surface area contributed by atoms with Gasteiger partial charge in [-0.25, -0.2) is 18.8 Å². The first-order valence-corrected chi connectivity index (χ1v) is 13.7. The molecule has 0 unspecified atom stereocenters. The van der Waals surface area contributed by atoms with Crippen LogP contribution in [-0.4, -0.2) is 44.3 Å². The zero-order valence-electron chi connectivity index (χ0n) is 25.1. The van der Waals surface area contributed by atoms with Crippen LogP contribution in [0.3, 0.4) is 0 Å². The number of hydrogen-bond acceptors (Lipinski definition) is 8. The van der Waals surface area contributed by atoms with Crippen molar-refractivity contribution in [2.24, 2.45) is 0 Å². The molecule has 0 aliphatic rings. The zero-order chi connectivity index (χ0) is 32.2. The second kappa shape index (κ2) is 16.0. The van der Waals surface area contributed by atoms with Crippen LogP contribution in [0.2, 0.25) is 0 Å². The van der Waals surface area contributed by atoms with Gasteiger partial charge in [-0.05, 0) is 61.7 Å². The van der Waals surface area contributed by atoms with Crippen molar-refractivity contribution >= 4 is 17.9 Å². The molecule has 8 nitrogen and oxygen atoms in total. The molecule has 0 aliphatic heterocycles. The number of rotatable bonds is 15. The third-order valence-electron chi connectivity index (χ3n) is 6.08. The summed E-state index contributed by atoms with van der Waals surface area (Å²) in [5.41, 5.74) is 3.82. The third kappa shape index (κ3) is 9.78. The minimum atomic E-state index is -0.536. The summed E-state index contributed by atoms with van der Waals surface area (Å²) >= 11 is 0. The van der Waals surface area contributed by atoms with E-state index in [1.807, 2.05) is 6.07 Å². The Labute approximate surface area is 256 Å². The van der Waals surface area contributed by atoms with E-state index in [1.165, 1.54) is 6.07 Å². The molecule has 3 rings (SSSR count). The van der Waals surface area contributed by atoms with Crippen molar-refractivity contribution in [2.75, 3.05) is 26.4 Å². The molecule has 3 aromatic carbocycles. The second-order valence-electron chi connectivity index (χ2n) is 9.94. The van der Waals surface area contributed by atoms with Crippen LogP contribution >= 0.6 is 0 Å². The third-order valence-corrected chi connectivity index (χ3v) is 6.08. The monoisotopic (exact) mass is 602 g/mol. The Morgan fingerprint density at radius 2 is 1.20 bits per heavy atom. The molecule has 0 bridgehead atoms. The fourth-order valence-corrected chi connectivity index (χ4v) is 3.72. The first-order chi connectivity index (χ1) is 21.0. The van der Waals surface area contributed by atoms with Crippen molar-refractivity contribution < 1.29 is 42.5 Å². The smallest absolute Gasteiger partial charge is 0.338 e. The summed E-state index contributed by atoms with van der Waals surface area (Å²) in [5, 5.41) is 0. The maximum atomic E-state index is 15.3. The maximum Gasteiger partial charge on any atom is 0.338 e. The number of esters is 3.